The van der Waals surface area contributed by atoms with Gasteiger partial charge in [-0.05, 0) is 50.5 Å². The number of ether oxygens (including phenoxy) is 2. The van der Waals surface area contributed by atoms with Gasteiger partial charge in [0.25, 0.3) is 0 Å². The molecule has 1 atom stereocenters. The minimum Gasteiger partial charge on any atom is -0.487 e. The van der Waals surface area contributed by atoms with Crippen LogP contribution in [0.1, 0.15) is 49.0 Å². The summed E-state index contributed by atoms with van der Waals surface area (Å²) in [6, 6.07) is 5.78. The van der Waals surface area contributed by atoms with Crippen molar-refractivity contribution < 1.29 is 14.3 Å². The van der Waals surface area contributed by atoms with Gasteiger partial charge in [-0.15, -0.1) is 0 Å². The van der Waals surface area contributed by atoms with Gasteiger partial charge >= 0.3 is 0 Å². The van der Waals surface area contributed by atoms with E-state index >= 15 is 0 Å². The molecule has 0 aromatic heterocycles. The molecule has 1 fully saturated rings. The minimum absolute atomic E-state index is 0.119. The van der Waals surface area contributed by atoms with Crippen LogP contribution in [0.5, 0.6) is 5.75 Å². The van der Waals surface area contributed by atoms with E-state index in [1.807, 2.05) is 18.2 Å². The number of fused-ring (bicyclic) bond motifs is 1. The first-order chi connectivity index (χ1) is 9.03. The van der Waals surface area contributed by atoms with E-state index < -0.39 is 0 Å². The van der Waals surface area contributed by atoms with Crippen LogP contribution in [0.3, 0.4) is 0 Å². The first-order valence-electron chi connectivity index (χ1n) is 7.00. The molecule has 1 aromatic rings. The summed E-state index contributed by atoms with van der Waals surface area (Å²) in [6.07, 6.45) is 3.57. The smallest absolute Gasteiger partial charge is 0.165 e. The molecule has 2 heterocycles. The van der Waals surface area contributed by atoms with E-state index in [4.69, 9.17) is 9.47 Å². The van der Waals surface area contributed by atoms with E-state index in [9.17, 15) is 4.79 Å². The number of rotatable bonds is 3. The molecule has 1 saturated heterocycles. The van der Waals surface area contributed by atoms with E-state index in [0.717, 1.165) is 42.7 Å². The molecule has 2 aliphatic rings. The molecular weight excluding hydrogens is 240 g/mol. The molecule has 0 spiro atoms. The quantitative estimate of drug-likeness (QED) is 0.783. The van der Waals surface area contributed by atoms with E-state index in [2.05, 4.69) is 13.8 Å². The van der Waals surface area contributed by atoms with Gasteiger partial charge in [0, 0.05) is 25.0 Å². The summed E-state index contributed by atoms with van der Waals surface area (Å²) in [5.74, 6) is 1.10. The van der Waals surface area contributed by atoms with Crippen molar-refractivity contribution in [1.82, 2.24) is 0 Å². The molecule has 0 N–H and O–H groups in total. The summed E-state index contributed by atoms with van der Waals surface area (Å²) in [4.78, 5) is 12.2. The van der Waals surface area contributed by atoms with Crippen LogP contribution in [-0.4, -0.2) is 24.1 Å². The van der Waals surface area contributed by atoms with Crippen LogP contribution in [0, 0.1) is 0 Å². The van der Waals surface area contributed by atoms with E-state index in [0.29, 0.717) is 6.42 Å². The molecular formula is C16H20O3. The lowest BCUT2D eigenvalue weighted by atomic mass is 9.97. The van der Waals surface area contributed by atoms with E-state index in [1.165, 1.54) is 0 Å². The fraction of sp³-hybridized carbons (Fsp3) is 0.562. The molecule has 1 unspecified atom stereocenters. The van der Waals surface area contributed by atoms with Gasteiger partial charge in [0.05, 0.1) is 6.10 Å². The van der Waals surface area contributed by atoms with Gasteiger partial charge in [-0.3, -0.25) is 4.79 Å². The maximum Gasteiger partial charge on any atom is 0.165 e. The lowest BCUT2D eigenvalue weighted by Crippen LogP contribution is -2.24. The Morgan fingerprint density at radius 1 is 1.42 bits per heavy atom. The Kier molecular flexibility index (Phi) is 3.09. The van der Waals surface area contributed by atoms with Crippen molar-refractivity contribution in [1.29, 1.82) is 0 Å². The van der Waals surface area contributed by atoms with Gasteiger partial charge in [0.1, 0.15) is 11.4 Å². The average molecular weight is 260 g/mol. The van der Waals surface area contributed by atoms with Crippen molar-refractivity contribution in [3.8, 4) is 5.75 Å². The number of Topliss-reactive ketones (excluding diaryl/α,β-unsaturated/α-hetero) is 1. The molecule has 1 aromatic carbocycles. The third-order valence-corrected chi connectivity index (χ3v) is 3.82. The topological polar surface area (TPSA) is 35.5 Å². The summed E-state index contributed by atoms with van der Waals surface area (Å²) in [6.45, 7) is 4.94. The minimum atomic E-state index is -0.154. The number of ketones is 1. The van der Waals surface area contributed by atoms with E-state index in [1.54, 1.807) is 0 Å². The number of benzene rings is 1. The molecule has 102 valence electrons. The van der Waals surface area contributed by atoms with Crippen molar-refractivity contribution >= 4 is 5.78 Å². The molecule has 0 amide bonds. The van der Waals surface area contributed by atoms with Crippen LogP contribution < -0.4 is 4.74 Å². The predicted molar refractivity (Wildman–Crippen MR) is 72.8 cm³/mol. The van der Waals surface area contributed by atoms with Crippen molar-refractivity contribution in [3.63, 3.8) is 0 Å². The number of carbonyl (C=O) groups excluding carboxylic acids is 1. The second-order valence-corrected chi connectivity index (χ2v) is 6.12. The lowest BCUT2D eigenvalue weighted by Gasteiger charge is -2.16. The van der Waals surface area contributed by atoms with Crippen molar-refractivity contribution in [3.05, 3.63) is 29.3 Å². The molecule has 3 heteroatoms. The SMILES string of the molecule is CC1(C)Cc2cc(C(=O)CC3CCCO3)ccc2O1. The zero-order chi connectivity index (χ0) is 13.5. The third kappa shape index (κ3) is 2.66. The summed E-state index contributed by atoms with van der Waals surface area (Å²) >= 11 is 0. The van der Waals surface area contributed by atoms with Crippen LogP contribution in [0.4, 0.5) is 0 Å². The highest BCUT2D eigenvalue weighted by molar-refractivity contribution is 5.96. The lowest BCUT2D eigenvalue weighted by molar-refractivity contribution is 0.0775. The number of hydrogen-bond acceptors (Lipinski definition) is 3. The molecule has 3 nitrogen and oxygen atoms in total. The molecule has 0 saturated carbocycles. The van der Waals surface area contributed by atoms with Crippen LogP contribution >= 0.6 is 0 Å². The standard InChI is InChI=1S/C16H20O3/c1-16(2)10-12-8-11(5-6-15(12)19-16)14(17)9-13-4-3-7-18-13/h5-6,8,13H,3-4,7,9-10H2,1-2H3. The highest BCUT2D eigenvalue weighted by atomic mass is 16.5. The predicted octanol–water partition coefficient (Wildman–Crippen LogP) is 3.15. The Balaban J connectivity index is 1.74. The normalized spacial score (nSPS) is 24.0. The zero-order valence-corrected chi connectivity index (χ0v) is 11.6. The number of carbonyl (C=O) groups is 1. The fourth-order valence-electron chi connectivity index (χ4n) is 2.91. The monoisotopic (exact) mass is 260 g/mol. The highest BCUT2D eigenvalue weighted by Crippen LogP contribution is 2.35. The molecule has 3 rings (SSSR count). The Hall–Kier alpha value is -1.35. The van der Waals surface area contributed by atoms with Crippen molar-refractivity contribution in [2.45, 2.75) is 51.2 Å². The van der Waals surface area contributed by atoms with Gasteiger partial charge in [0.15, 0.2) is 5.78 Å². The van der Waals surface area contributed by atoms with Crippen molar-refractivity contribution in [2.75, 3.05) is 6.61 Å². The second kappa shape index (κ2) is 4.64. The maximum atomic E-state index is 12.2. The summed E-state index contributed by atoms with van der Waals surface area (Å²) < 4.78 is 11.4. The summed E-state index contributed by atoms with van der Waals surface area (Å²) in [5.41, 5.74) is 1.78. The largest absolute Gasteiger partial charge is 0.487 e. The van der Waals surface area contributed by atoms with Gasteiger partial charge in [-0.2, -0.15) is 0 Å². The zero-order valence-electron chi connectivity index (χ0n) is 11.6. The van der Waals surface area contributed by atoms with Crippen LogP contribution in [0.2, 0.25) is 0 Å². The molecule has 0 radical (unpaired) electrons. The van der Waals surface area contributed by atoms with Gasteiger partial charge < -0.3 is 9.47 Å². The Labute approximate surface area is 113 Å². The third-order valence-electron chi connectivity index (χ3n) is 3.82. The second-order valence-electron chi connectivity index (χ2n) is 6.12. The summed E-state index contributed by atoms with van der Waals surface area (Å²) in [5, 5.41) is 0. The van der Waals surface area contributed by atoms with Crippen molar-refractivity contribution in [2.24, 2.45) is 0 Å². The Morgan fingerprint density at radius 3 is 3.00 bits per heavy atom. The van der Waals surface area contributed by atoms with Gasteiger partial charge in [-0.1, -0.05) is 0 Å². The Bertz CT molecular complexity index is 499. The van der Waals surface area contributed by atoms with Gasteiger partial charge in [0.2, 0.25) is 0 Å². The first kappa shape index (κ1) is 12.7. The molecule has 0 aliphatic carbocycles. The van der Waals surface area contributed by atoms with Gasteiger partial charge in [-0.25, -0.2) is 0 Å². The molecule has 19 heavy (non-hydrogen) atoms. The highest BCUT2D eigenvalue weighted by Gasteiger charge is 2.30. The maximum absolute atomic E-state index is 12.2. The molecule has 2 aliphatic heterocycles. The first-order valence-corrected chi connectivity index (χ1v) is 7.00. The fourth-order valence-corrected chi connectivity index (χ4v) is 2.91. The van der Waals surface area contributed by atoms with Crippen LogP contribution in [0.15, 0.2) is 18.2 Å². The molecule has 0 bridgehead atoms. The van der Waals surface area contributed by atoms with Crippen LogP contribution in [-0.2, 0) is 11.2 Å². The Morgan fingerprint density at radius 2 is 2.26 bits per heavy atom. The average Bonchev–Trinajstić information content (AvgIpc) is 2.93. The summed E-state index contributed by atoms with van der Waals surface area (Å²) in [7, 11) is 0. The number of hydrogen-bond donors (Lipinski definition) is 0. The van der Waals surface area contributed by atoms with E-state index in [-0.39, 0.29) is 17.5 Å². The van der Waals surface area contributed by atoms with Crippen LogP contribution in [0.25, 0.3) is 0 Å².